The normalized spacial score (nSPS) is 16.6. The van der Waals surface area contributed by atoms with E-state index in [1.165, 1.54) is 10.1 Å². The van der Waals surface area contributed by atoms with Crippen LogP contribution in [0, 0.1) is 0 Å². The fourth-order valence-electron chi connectivity index (χ4n) is 4.78. The van der Waals surface area contributed by atoms with Crippen molar-refractivity contribution in [3.8, 4) is 6.01 Å². The Bertz CT molecular complexity index is 1350. The van der Waals surface area contributed by atoms with Crippen molar-refractivity contribution in [3.63, 3.8) is 0 Å². The summed E-state index contributed by atoms with van der Waals surface area (Å²) in [6.07, 6.45) is 2.05. The van der Waals surface area contributed by atoms with Gasteiger partial charge in [0.15, 0.2) is 12.6 Å². The number of aromatic nitrogens is 2. The number of rotatable bonds is 3. The van der Waals surface area contributed by atoms with E-state index in [0.717, 1.165) is 35.2 Å². The number of hydrogen-bond acceptors (Lipinski definition) is 3. The lowest BCUT2D eigenvalue weighted by atomic mass is 9.81. The van der Waals surface area contributed by atoms with Gasteiger partial charge in [0, 0.05) is 12.6 Å². The first-order valence-corrected chi connectivity index (χ1v) is 10.5. The molecule has 6 nitrogen and oxygen atoms in total. The maximum Gasteiger partial charge on any atom is 0.462 e. The maximum absolute atomic E-state index is 13.3. The van der Waals surface area contributed by atoms with E-state index in [2.05, 4.69) is 24.0 Å². The molecule has 1 atom stereocenters. The van der Waals surface area contributed by atoms with Crippen LogP contribution in [0.2, 0.25) is 0 Å². The first-order valence-electron chi connectivity index (χ1n) is 10.5. The number of aromatic hydroxyl groups is 1. The Labute approximate surface area is 180 Å². The lowest BCUT2D eigenvalue weighted by Crippen LogP contribution is -2.75. The quantitative estimate of drug-likeness (QED) is 0.567. The topological polar surface area (TPSA) is 80.3 Å². The summed E-state index contributed by atoms with van der Waals surface area (Å²) in [5.41, 5.74) is 5.46. The molecule has 156 valence electrons. The predicted molar refractivity (Wildman–Crippen MR) is 118 cm³/mol. The standard InChI is InChI=1S/C25H23N3O3/c1-4-7-14-10-12-15(13-11-14)18-19-21(16-8-5-6-9-17(16)22(19)29)26-23-20(18)24(30)28(3)25(31)27(23)2/h5-6,8-13,18H,4,7H2,1-3H3,(H,26,29,30)/p+2. The summed E-state index contributed by atoms with van der Waals surface area (Å²) in [6.45, 7) is 2.15. The number of nitrogens with zero attached hydrogens (tertiary/aromatic N) is 2. The second-order valence-electron chi connectivity index (χ2n) is 8.22. The van der Waals surface area contributed by atoms with Crippen molar-refractivity contribution in [1.29, 1.82) is 0 Å². The lowest BCUT2D eigenvalue weighted by molar-refractivity contribution is -0.723. The molecule has 0 saturated heterocycles. The minimum absolute atomic E-state index is 0.142. The van der Waals surface area contributed by atoms with Crippen LogP contribution in [0.15, 0.2) is 58.9 Å². The molecule has 0 bridgehead atoms. The molecule has 3 N–H and O–H groups in total. The number of nitrogens with one attached hydrogen (secondary N) is 1. The molecule has 0 amide bonds. The molecule has 0 spiro atoms. The Morgan fingerprint density at radius 3 is 2.42 bits per heavy atom. The highest BCUT2D eigenvalue weighted by Crippen LogP contribution is 2.43. The number of hydrogen-bond donors (Lipinski definition) is 3. The van der Waals surface area contributed by atoms with E-state index in [9.17, 15) is 15.0 Å². The average molecular weight is 415 g/mol. The van der Waals surface area contributed by atoms with E-state index in [0.29, 0.717) is 17.0 Å². The van der Waals surface area contributed by atoms with Gasteiger partial charge in [-0.3, -0.25) is 4.79 Å². The molecule has 2 aliphatic rings. The van der Waals surface area contributed by atoms with E-state index >= 15 is 0 Å². The first-order chi connectivity index (χ1) is 14.9. The van der Waals surface area contributed by atoms with Crippen molar-refractivity contribution in [1.82, 2.24) is 4.57 Å². The van der Waals surface area contributed by atoms with Gasteiger partial charge in [-0.25, -0.2) is 4.57 Å². The van der Waals surface area contributed by atoms with E-state index in [-0.39, 0.29) is 17.3 Å². The smallest absolute Gasteiger partial charge is 0.462 e. The van der Waals surface area contributed by atoms with Crippen molar-refractivity contribution in [2.75, 3.05) is 0 Å². The van der Waals surface area contributed by atoms with Gasteiger partial charge < -0.3 is 10.2 Å². The molecule has 1 aliphatic carbocycles. The fraction of sp³-hybridized carbons (Fsp3) is 0.240. The van der Waals surface area contributed by atoms with Crippen LogP contribution in [0.5, 0.6) is 6.01 Å². The highest BCUT2D eigenvalue weighted by Gasteiger charge is 2.48. The zero-order valence-electron chi connectivity index (χ0n) is 17.8. The van der Waals surface area contributed by atoms with Gasteiger partial charge in [-0.05, 0) is 23.6 Å². The molecule has 1 aromatic heterocycles. The van der Waals surface area contributed by atoms with Crippen molar-refractivity contribution in [2.45, 2.75) is 25.7 Å². The zero-order valence-corrected chi connectivity index (χ0v) is 17.8. The van der Waals surface area contributed by atoms with Crippen LogP contribution in [0.3, 0.4) is 0 Å². The summed E-state index contributed by atoms with van der Waals surface area (Å²) in [5.74, 6) is 0.260. The van der Waals surface area contributed by atoms with E-state index in [1.54, 1.807) is 18.7 Å². The fourth-order valence-corrected chi connectivity index (χ4v) is 4.78. The Hall–Kier alpha value is -3.67. The number of aliphatic hydroxyl groups is 1. The van der Waals surface area contributed by atoms with Crippen LogP contribution in [0.25, 0.3) is 5.76 Å². The van der Waals surface area contributed by atoms with Crippen LogP contribution in [0.4, 0.5) is 5.82 Å². The summed E-state index contributed by atoms with van der Waals surface area (Å²) >= 11 is 0. The van der Waals surface area contributed by atoms with Gasteiger partial charge in [0.1, 0.15) is 5.76 Å². The van der Waals surface area contributed by atoms with Gasteiger partial charge >= 0.3 is 11.8 Å². The summed E-state index contributed by atoms with van der Waals surface area (Å²) in [5, 5.41) is 21.7. The van der Waals surface area contributed by atoms with Crippen molar-refractivity contribution < 1.29 is 19.8 Å². The molecule has 0 saturated carbocycles. The third-order valence-electron chi connectivity index (χ3n) is 6.37. The highest BCUT2D eigenvalue weighted by molar-refractivity contribution is 6.21. The van der Waals surface area contributed by atoms with Crippen molar-refractivity contribution in [3.05, 3.63) is 92.3 Å². The van der Waals surface area contributed by atoms with Crippen LogP contribution < -0.4 is 15.1 Å². The van der Waals surface area contributed by atoms with Crippen molar-refractivity contribution >= 4 is 17.3 Å². The van der Waals surface area contributed by atoms with E-state index in [1.807, 2.05) is 36.4 Å². The Balaban J connectivity index is 1.85. The van der Waals surface area contributed by atoms with Crippen LogP contribution >= 0.6 is 0 Å². The third kappa shape index (κ3) is 2.68. The Morgan fingerprint density at radius 2 is 1.74 bits per heavy atom. The largest absolute Gasteiger partial charge is 0.507 e. The van der Waals surface area contributed by atoms with Crippen LogP contribution in [-0.2, 0) is 20.5 Å². The molecule has 3 aromatic rings. The SMILES string of the molecule is CCCc1ccc(C2C3=C(O)c4ccccc4C3=[NH+]c3c2c(=O)n(C)c(O)[n+]3C)cc1. The van der Waals surface area contributed by atoms with Crippen LogP contribution in [-0.4, -0.2) is 20.5 Å². The van der Waals surface area contributed by atoms with Gasteiger partial charge in [-0.1, -0.05) is 60.4 Å². The molecular formula is C25H25N3O3+2. The molecule has 2 heterocycles. The summed E-state index contributed by atoms with van der Waals surface area (Å²) in [7, 11) is 3.27. The number of aryl methyl sites for hydroxylation is 1. The van der Waals surface area contributed by atoms with Crippen LogP contribution in [0.1, 0.15) is 47.1 Å². The predicted octanol–water partition coefficient (Wildman–Crippen LogP) is 1.50. The maximum atomic E-state index is 13.3. The van der Waals surface area contributed by atoms with E-state index < -0.39 is 5.92 Å². The summed E-state index contributed by atoms with van der Waals surface area (Å²) < 4.78 is 2.82. The van der Waals surface area contributed by atoms with Crippen molar-refractivity contribution in [2.24, 2.45) is 14.1 Å². The van der Waals surface area contributed by atoms with Gasteiger partial charge in [0.2, 0.25) is 5.71 Å². The minimum Gasteiger partial charge on any atom is -0.507 e. The third-order valence-corrected chi connectivity index (χ3v) is 6.37. The molecular weight excluding hydrogens is 390 g/mol. The molecule has 1 unspecified atom stereocenters. The number of fused-ring (bicyclic) bond motifs is 4. The monoisotopic (exact) mass is 415 g/mol. The molecule has 2 aromatic carbocycles. The number of allylic oxidation sites excluding steroid dienone is 1. The van der Waals surface area contributed by atoms with Gasteiger partial charge in [0.25, 0.3) is 5.56 Å². The zero-order chi connectivity index (χ0) is 21.9. The Kier molecular flexibility index (Phi) is 4.32. The van der Waals surface area contributed by atoms with Gasteiger partial charge in [-0.2, -0.15) is 0 Å². The second-order valence-corrected chi connectivity index (χ2v) is 8.22. The van der Waals surface area contributed by atoms with E-state index in [4.69, 9.17) is 0 Å². The number of aliphatic hydroxyl groups excluding tert-OH is 1. The molecule has 0 fully saturated rings. The highest BCUT2D eigenvalue weighted by atomic mass is 16.3. The summed E-state index contributed by atoms with van der Waals surface area (Å²) in [6, 6.07) is 15.8. The molecule has 5 rings (SSSR count). The molecule has 1 aliphatic heterocycles. The lowest BCUT2D eigenvalue weighted by Gasteiger charge is -2.21. The summed E-state index contributed by atoms with van der Waals surface area (Å²) in [4.78, 5) is 16.7. The molecule has 0 radical (unpaired) electrons. The minimum atomic E-state index is -0.458. The number of benzene rings is 2. The molecule has 6 heteroatoms. The van der Waals surface area contributed by atoms with Gasteiger partial charge in [-0.15, -0.1) is 4.99 Å². The molecule has 31 heavy (non-hydrogen) atoms. The Morgan fingerprint density at radius 1 is 1.06 bits per heavy atom. The first kappa shape index (κ1) is 19.3. The average Bonchev–Trinajstić information content (AvgIpc) is 3.08. The van der Waals surface area contributed by atoms with Gasteiger partial charge in [0.05, 0.1) is 17.1 Å². The second kappa shape index (κ2) is 6.94.